The molecule has 0 fully saturated rings. The Labute approximate surface area is 196 Å². The van der Waals surface area contributed by atoms with Gasteiger partial charge in [-0.2, -0.15) is 0 Å². The van der Waals surface area contributed by atoms with E-state index in [4.69, 9.17) is 4.74 Å². The van der Waals surface area contributed by atoms with Crippen molar-refractivity contribution in [2.45, 2.75) is 32.7 Å². The van der Waals surface area contributed by atoms with Crippen molar-refractivity contribution in [1.82, 2.24) is 14.8 Å². The van der Waals surface area contributed by atoms with Crippen LogP contribution in [0, 0.1) is 5.92 Å². The van der Waals surface area contributed by atoms with Crippen LogP contribution >= 0.6 is 0 Å². The van der Waals surface area contributed by atoms with Gasteiger partial charge < -0.3 is 14.6 Å². The van der Waals surface area contributed by atoms with E-state index < -0.39 is 0 Å². The van der Waals surface area contributed by atoms with Crippen molar-refractivity contribution in [2.75, 3.05) is 33.3 Å². The van der Waals surface area contributed by atoms with Crippen LogP contribution in [0.4, 0.5) is 0 Å². The van der Waals surface area contributed by atoms with E-state index in [1.807, 2.05) is 11.0 Å². The van der Waals surface area contributed by atoms with Crippen molar-refractivity contribution in [3.63, 3.8) is 0 Å². The summed E-state index contributed by atoms with van der Waals surface area (Å²) in [4.78, 5) is 21.4. The lowest BCUT2D eigenvalue weighted by Crippen LogP contribution is -2.49. The number of nitrogens with zero attached hydrogens (tertiary/aromatic N) is 2. The SMILES string of the molecule is CCN(CC)C(=O)[C@@H]1C=C2c3cccc4[nH]cc(c34)C[C@H]2N(CCc2cccc(OC)c2)C1. The lowest BCUT2D eigenvalue weighted by molar-refractivity contribution is -0.134. The van der Waals surface area contributed by atoms with Crippen LogP contribution in [0.15, 0.2) is 54.7 Å². The van der Waals surface area contributed by atoms with E-state index in [1.165, 1.54) is 33.2 Å². The number of hydrogen-bond acceptors (Lipinski definition) is 3. The first-order chi connectivity index (χ1) is 16.1. The molecule has 3 aromatic rings. The Hall–Kier alpha value is -3.05. The molecule has 5 heteroatoms. The molecular formula is C28H33N3O2. The molecule has 2 aliphatic rings. The summed E-state index contributed by atoms with van der Waals surface area (Å²) in [6.45, 7) is 7.30. The number of methoxy groups -OCH3 is 1. The average Bonchev–Trinajstić information content (AvgIpc) is 3.27. The van der Waals surface area contributed by atoms with E-state index in [0.717, 1.165) is 44.8 Å². The van der Waals surface area contributed by atoms with Crippen molar-refractivity contribution in [3.05, 3.63) is 71.4 Å². The minimum atomic E-state index is -0.114. The van der Waals surface area contributed by atoms with Gasteiger partial charge in [0.15, 0.2) is 0 Å². The van der Waals surface area contributed by atoms with Crippen molar-refractivity contribution < 1.29 is 9.53 Å². The summed E-state index contributed by atoms with van der Waals surface area (Å²) in [6.07, 6.45) is 6.35. The van der Waals surface area contributed by atoms with Crippen LogP contribution in [0.3, 0.4) is 0 Å². The number of aromatic amines is 1. The molecule has 2 heterocycles. The van der Waals surface area contributed by atoms with Gasteiger partial charge in [0.05, 0.1) is 13.0 Å². The van der Waals surface area contributed by atoms with Gasteiger partial charge in [0.2, 0.25) is 5.91 Å². The molecule has 172 valence electrons. The Morgan fingerprint density at radius 2 is 2.00 bits per heavy atom. The number of aromatic nitrogens is 1. The molecule has 1 aromatic heterocycles. The number of hydrogen-bond donors (Lipinski definition) is 1. The number of amides is 1. The molecule has 2 aromatic carbocycles. The highest BCUT2D eigenvalue weighted by molar-refractivity contribution is 5.99. The molecule has 0 unspecified atom stereocenters. The Kier molecular flexibility index (Phi) is 5.98. The second-order valence-corrected chi connectivity index (χ2v) is 9.10. The molecule has 0 saturated carbocycles. The second kappa shape index (κ2) is 9.06. The number of carbonyl (C=O) groups excluding carboxylic acids is 1. The summed E-state index contributed by atoms with van der Waals surface area (Å²) in [7, 11) is 1.71. The van der Waals surface area contributed by atoms with Gasteiger partial charge in [-0.25, -0.2) is 0 Å². The van der Waals surface area contributed by atoms with Gasteiger partial charge in [0, 0.05) is 49.3 Å². The van der Waals surface area contributed by atoms with Crippen molar-refractivity contribution in [2.24, 2.45) is 5.92 Å². The van der Waals surface area contributed by atoms with Crippen LogP contribution in [0.5, 0.6) is 5.75 Å². The van der Waals surface area contributed by atoms with Gasteiger partial charge >= 0.3 is 0 Å². The number of nitrogens with one attached hydrogen (secondary N) is 1. The first kappa shape index (κ1) is 21.8. The number of H-pyrrole nitrogens is 1. The van der Waals surface area contributed by atoms with Crippen molar-refractivity contribution in [3.8, 4) is 5.75 Å². The average molecular weight is 444 g/mol. The Bertz CT molecular complexity index is 1190. The maximum absolute atomic E-state index is 13.4. The highest BCUT2D eigenvalue weighted by Crippen LogP contribution is 2.41. The van der Waals surface area contributed by atoms with Gasteiger partial charge in [-0.1, -0.05) is 30.3 Å². The molecule has 5 rings (SSSR count). The largest absolute Gasteiger partial charge is 0.497 e. The Balaban J connectivity index is 1.49. The molecule has 0 radical (unpaired) electrons. The van der Waals surface area contributed by atoms with E-state index in [0.29, 0.717) is 6.04 Å². The highest BCUT2D eigenvalue weighted by atomic mass is 16.5. The summed E-state index contributed by atoms with van der Waals surface area (Å²) in [5.41, 5.74) is 6.42. The smallest absolute Gasteiger partial charge is 0.230 e. The number of benzene rings is 2. The third kappa shape index (κ3) is 3.95. The van der Waals surface area contributed by atoms with Crippen molar-refractivity contribution in [1.29, 1.82) is 0 Å². The summed E-state index contributed by atoms with van der Waals surface area (Å²) in [6, 6.07) is 15.1. The minimum absolute atomic E-state index is 0.114. The van der Waals surface area contributed by atoms with E-state index in [9.17, 15) is 4.79 Å². The number of carbonyl (C=O) groups is 1. The molecular weight excluding hydrogens is 410 g/mol. The zero-order valence-electron chi connectivity index (χ0n) is 19.8. The summed E-state index contributed by atoms with van der Waals surface area (Å²) in [5.74, 6) is 1.02. The summed E-state index contributed by atoms with van der Waals surface area (Å²) in [5, 5.41) is 1.32. The molecule has 33 heavy (non-hydrogen) atoms. The number of fused-ring (bicyclic) bond motifs is 2. The van der Waals surface area contributed by atoms with E-state index >= 15 is 0 Å². The topological polar surface area (TPSA) is 48.6 Å². The zero-order valence-corrected chi connectivity index (χ0v) is 19.8. The maximum Gasteiger partial charge on any atom is 0.230 e. The first-order valence-corrected chi connectivity index (χ1v) is 12.1. The summed E-state index contributed by atoms with van der Waals surface area (Å²) < 4.78 is 5.42. The fraction of sp³-hybridized carbons (Fsp3) is 0.393. The summed E-state index contributed by atoms with van der Waals surface area (Å²) >= 11 is 0. The molecule has 0 spiro atoms. The molecule has 1 aliphatic carbocycles. The van der Waals surface area contributed by atoms with E-state index in [-0.39, 0.29) is 11.8 Å². The highest BCUT2D eigenvalue weighted by Gasteiger charge is 2.37. The van der Waals surface area contributed by atoms with Gasteiger partial charge in [0.1, 0.15) is 5.75 Å². The molecule has 0 bridgehead atoms. The molecule has 1 N–H and O–H groups in total. The Morgan fingerprint density at radius 1 is 1.18 bits per heavy atom. The predicted octanol–water partition coefficient (Wildman–Crippen LogP) is 4.53. The quantitative estimate of drug-likeness (QED) is 0.584. The lowest BCUT2D eigenvalue weighted by atomic mass is 9.79. The number of rotatable bonds is 7. The maximum atomic E-state index is 13.4. The lowest BCUT2D eigenvalue weighted by Gasteiger charge is -2.42. The second-order valence-electron chi connectivity index (χ2n) is 9.10. The molecule has 1 amide bonds. The van der Waals surface area contributed by atoms with Gasteiger partial charge in [-0.05, 0) is 67.2 Å². The van der Waals surface area contributed by atoms with Crippen LogP contribution < -0.4 is 4.74 Å². The third-order valence-corrected chi connectivity index (χ3v) is 7.34. The van der Waals surface area contributed by atoms with Crippen LogP contribution in [-0.4, -0.2) is 60.0 Å². The van der Waals surface area contributed by atoms with Gasteiger partial charge in [0.25, 0.3) is 0 Å². The van der Waals surface area contributed by atoms with Gasteiger partial charge in [-0.3, -0.25) is 9.69 Å². The molecule has 2 atom stereocenters. The predicted molar refractivity (Wildman–Crippen MR) is 133 cm³/mol. The third-order valence-electron chi connectivity index (χ3n) is 7.34. The van der Waals surface area contributed by atoms with E-state index in [1.54, 1.807) is 7.11 Å². The normalized spacial score (nSPS) is 19.8. The van der Waals surface area contributed by atoms with Gasteiger partial charge in [-0.15, -0.1) is 0 Å². The van der Waals surface area contributed by atoms with Crippen LogP contribution in [0.2, 0.25) is 0 Å². The first-order valence-electron chi connectivity index (χ1n) is 12.1. The fourth-order valence-electron chi connectivity index (χ4n) is 5.60. The molecule has 1 aliphatic heterocycles. The standard InChI is InChI=1S/C28H33N3O2/c1-4-30(5-2)28(32)21-15-24-23-10-7-11-25-27(23)20(17-29-25)16-26(24)31(18-21)13-12-19-8-6-9-22(14-19)33-3/h6-11,14-15,17,21,26,29H,4-5,12-13,16,18H2,1-3H3/t21-,26-/m1/s1. The molecule has 5 nitrogen and oxygen atoms in total. The fourth-order valence-corrected chi connectivity index (χ4v) is 5.60. The van der Waals surface area contributed by atoms with Crippen LogP contribution in [-0.2, 0) is 17.6 Å². The van der Waals surface area contributed by atoms with Crippen LogP contribution in [0.1, 0.15) is 30.5 Å². The minimum Gasteiger partial charge on any atom is -0.497 e. The van der Waals surface area contributed by atoms with Crippen LogP contribution in [0.25, 0.3) is 16.5 Å². The van der Waals surface area contributed by atoms with E-state index in [2.05, 4.69) is 72.4 Å². The van der Waals surface area contributed by atoms with Crippen molar-refractivity contribution >= 4 is 22.4 Å². The monoisotopic (exact) mass is 443 g/mol. The number of ether oxygens (including phenoxy) is 1. The molecule has 0 saturated heterocycles. The zero-order chi connectivity index (χ0) is 22.9. The Morgan fingerprint density at radius 3 is 2.79 bits per heavy atom.